The Morgan fingerprint density at radius 3 is 2.22 bits per heavy atom. The summed E-state index contributed by atoms with van der Waals surface area (Å²) in [4.78, 5) is 34.8. The number of carboxylic acid groups (broad SMARTS) is 1. The van der Waals surface area contributed by atoms with Gasteiger partial charge in [-0.2, -0.15) is 0 Å². The Kier molecular flexibility index (Phi) is 3.10. The molecule has 1 aliphatic carbocycles. The zero-order valence-electron chi connectivity index (χ0n) is 9.90. The second kappa shape index (κ2) is 4.56. The summed E-state index contributed by atoms with van der Waals surface area (Å²) >= 11 is 0. The van der Waals surface area contributed by atoms with Crippen LogP contribution in [0.15, 0.2) is 35.4 Å². The smallest absolute Gasteiger partial charge is 0.303 e. The molecule has 0 unspecified atom stereocenters. The second-order valence-electron chi connectivity index (χ2n) is 4.20. The maximum Gasteiger partial charge on any atom is 0.303 e. The quantitative estimate of drug-likeness (QED) is 0.885. The topological polar surface area (TPSA) is 71.4 Å². The Morgan fingerprint density at radius 1 is 1.11 bits per heavy atom. The van der Waals surface area contributed by atoms with Crippen molar-refractivity contribution in [1.82, 2.24) is 0 Å². The average Bonchev–Trinajstić information content (AvgIpc) is 2.36. The fourth-order valence-electron chi connectivity index (χ4n) is 2.08. The van der Waals surface area contributed by atoms with E-state index in [9.17, 15) is 14.4 Å². The molecule has 1 aromatic carbocycles. The predicted molar refractivity (Wildman–Crippen MR) is 64.7 cm³/mol. The van der Waals surface area contributed by atoms with Gasteiger partial charge in [-0.15, -0.1) is 0 Å². The van der Waals surface area contributed by atoms with Crippen molar-refractivity contribution in [2.45, 2.75) is 19.8 Å². The third kappa shape index (κ3) is 1.97. The lowest BCUT2D eigenvalue weighted by Gasteiger charge is -2.18. The van der Waals surface area contributed by atoms with Gasteiger partial charge in [0.1, 0.15) is 0 Å². The van der Waals surface area contributed by atoms with E-state index in [-0.39, 0.29) is 24.4 Å². The Labute approximate surface area is 104 Å². The van der Waals surface area contributed by atoms with Crippen molar-refractivity contribution in [3.63, 3.8) is 0 Å². The van der Waals surface area contributed by atoms with Gasteiger partial charge < -0.3 is 5.11 Å². The zero-order chi connectivity index (χ0) is 13.3. The maximum absolute atomic E-state index is 12.2. The minimum absolute atomic E-state index is 0.0973. The van der Waals surface area contributed by atoms with E-state index in [1.165, 1.54) is 0 Å². The van der Waals surface area contributed by atoms with Crippen LogP contribution in [0.1, 0.15) is 40.5 Å². The van der Waals surface area contributed by atoms with E-state index in [1.54, 1.807) is 31.2 Å². The molecule has 4 nitrogen and oxygen atoms in total. The summed E-state index contributed by atoms with van der Waals surface area (Å²) in [6.45, 7) is 1.58. The first kappa shape index (κ1) is 12.2. The van der Waals surface area contributed by atoms with E-state index in [1.807, 2.05) is 0 Å². The summed E-state index contributed by atoms with van der Waals surface area (Å²) in [5, 5.41) is 8.66. The molecule has 1 aromatic rings. The molecule has 0 atom stereocenters. The molecule has 0 aromatic heterocycles. The van der Waals surface area contributed by atoms with E-state index < -0.39 is 5.97 Å². The van der Waals surface area contributed by atoms with Crippen molar-refractivity contribution in [2.75, 3.05) is 0 Å². The highest BCUT2D eigenvalue weighted by Gasteiger charge is 2.29. The largest absolute Gasteiger partial charge is 0.481 e. The van der Waals surface area contributed by atoms with Crippen molar-refractivity contribution in [3.05, 3.63) is 46.5 Å². The van der Waals surface area contributed by atoms with Crippen molar-refractivity contribution in [3.8, 4) is 0 Å². The van der Waals surface area contributed by atoms with Crippen LogP contribution in [-0.4, -0.2) is 22.6 Å². The van der Waals surface area contributed by atoms with Crippen LogP contribution in [0.25, 0.3) is 0 Å². The number of aliphatic carboxylic acids is 1. The van der Waals surface area contributed by atoms with E-state index in [2.05, 4.69) is 0 Å². The van der Waals surface area contributed by atoms with Gasteiger partial charge in [-0.3, -0.25) is 14.4 Å². The first-order valence-corrected chi connectivity index (χ1v) is 5.62. The fourth-order valence-corrected chi connectivity index (χ4v) is 2.08. The van der Waals surface area contributed by atoms with Gasteiger partial charge in [-0.25, -0.2) is 0 Å². The van der Waals surface area contributed by atoms with Gasteiger partial charge in [0.15, 0.2) is 11.6 Å². The number of hydrogen-bond donors (Lipinski definition) is 1. The second-order valence-corrected chi connectivity index (χ2v) is 4.20. The molecule has 0 aliphatic heterocycles. The minimum atomic E-state index is -0.977. The van der Waals surface area contributed by atoms with Crippen LogP contribution < -0.4 is 0 Å². The summed E-state index contributed by atoms with van der Waals surface area (Å²) in [7, 11) is 0. The number of ketones is 2. The standard InChI is InChI=1S/C14H12O4/c1-8-9(6-7-12(15)16)14(18)11-5-3-2-4-10(11)13(8)17/h2-5H,6-7H2,1H3,(H,15,16). The minimum Gasteiger partial charge on any atom is -0.481 e. The summed E-state index contributed by atoms with van der Waals surface area (Å²) in [5.41, 5.74) is 1.45. The molecule has 0 saturated heterocycles. The first-order chi connectivity index (χ1) is 8.52. The summed E-state index contributed by atoms with van der Waals surface area (Å²) < 4.78 is 0. The van der Waals surface area contributed by atoms with Crippen LogP contribution in [-0.2, 0) is 4.79 Å². The lowest BCUT2D eigenvalue weighted by molar-refractivity contribution is -0.136. The van der Waals surface area contributed by atoms with Crippen LogP contribution in [0, 0.1) is 0 Å². The number of benzene rings is 1. The van der Waals surface area contributed by atoms with E-state index in [0.29, 0.717) is 22.3 Å². The molecule has 0 fully saturated rings. The Hall–Kier alpha value is -2.23. The molecule has 92 valence electrons. The Morgan fingerprint density at radius 2 is 1.67 bits per heavy atom. The third-order valence-corrected chi connectivity index (χ3v) is 3.07. The lowest BCUT2D eigenvalue weighted by atomic mass is 9.83. The van der Waals surface area contributed by atoms with Gasteiger partial charge in [-0.05, 0) is 13.3 Å². The van der Waals surface area contributed by atoms with Crippen LogP contribution >= 0.6 is 0 Å². The average molecular weight is 244 g/mol. The van der Waals surface area contributed by atoms with Crippen molar-refractivity contribution in [1.29, 1.82) is 0 Å². The van der Waals surface area contributed by atoms with E-state index >= 15 is 0 Å². The van der Waals surface area contributed by atoms with Gasteiger partial charge in [0.05, 0.1) is 0 Å². The fraction of sp³-hybridized carbons (Fsp3) is 0.214. The monoisotopic (exact) mass is 244 g/mol. The Balaban J connectivity index is 2.43. The highest BCUT2D eigenvalue weighted by Crippen LogP contribution is 2.28. The number of hydrogen-bond acceptors (Lipinski definition) is 3. The van der Waals surface area contributed by atoms with Crippen molar-refractivity contribution < 1.29 is 19.5 Å². The number of carbonyl (C=O) groups excluding carboxylic acids is 2. The van der Waals surface area contributed by atoms with Gasteiger partial charge in [0.2, 0.25) is 0 Å². The van der Waals surface area contributed by atoms with Crippen LogP contribution in [0.3, 0.4) is 0 Å². The highest BCUT2D eigenvalue weighted by molar-refractivity contribution is 6.26. The predicted octanol–water partition coefficient (Wildman–Crippen LogP) is 2.25. The molecule has 0 amide bonds. The molecule has 1 aliphatic rings. The van der Waals surface area contributed by atoms with Crippen molar-refractivity contribution in [2.24, 2.45) is 0 Å². The molecule has 1 N–H and O–H groups in total. The summed E-state index contributed by atoms with van der Waals surface area (Å²) in [6, 6.07) is 6.62. The third-order valence-electron chi connectivity index (χ3n) is 3.07. The molecule has 2 rings (SSSR count). The molecule has 4 heteroatoms. The highest BCUT2D eigenvalue weighted by atomic mass is 16.4. The SMILES string of the molecule is CC1=C(CCC(=O)O)C(=O)c2ccccc2C1=O. The van der Waals surface area contributed by atoms with E-state index in [4.69, 9.17) is 5.11 Å². The molecule has 0 heterocycles. The summed E-state index contributed by atoms with van der Waals surface area (Å²) in [6.07, 6.45) is -0.0477. The van der Waals surface area contributed by atoms with Gasteiger partial charge in [0, 0.05) is 28.7 Å². The Bertz CT molecular complexity index is 581. The van der Waals surface area contributed by atoms with Gasteiger partial charge in [0.25, 0.3) is 0 Å². The number of carboxylic acids is 1. The van der Waals surface area contributed by atoms with Crippen molar-refractivity contribution >= 4 is 17.5 Å². The normalized spacial score (nSPS) is 14.7. The van der Waals surface area contributed by atoms with E-state index in [0.717, 1.165) is 0 Å². The molecule has 0 saturated carbocycles. The molecule has 0 radical (unpaired) electrons. The van der Waals surface area contributed by atoms with Crippen LogP contribution in [0.5, 0.6) is 0 Å². The molecular weight excluding hydrogens is 232 g/mol. The molecule has 0 bridgehead atoms. The summed E-state index contributed by atoms with van der Waals surface area (Å²) in [5.74, 6) is -1.40. The lowest BCUT2D eigenvalue weighted by Crippen LogP contribution is -2.21. The zero-order valence-corrected chi connectivity index (χ0v) is 9.90. The van der Waals surface area contributed by atoms with Crippen LogP contribution in [0.2, 0.25) is 0 Å². The number of allylic oxidation sites excluding steroid dienone is 2. The van der Waals surface area contributed by atoms with Gasteiger partial charge in [-0.1, -0.05) is 24.3 Å². The number of carbonyl (C=O) groups is 3. The maximum atomic E-state index is 12.2. The molecular formula is C14H12O4. The van der Waals surface area contributed by atoms with Gasteiger partial charge >= 0.3 is 5.97 Å². The molecule has 0 spiro atoms. The number of Topliss-reactive ketones (excluding diaryl/α,β-unsaturated/α-hetero) is 2. The molecule has 18 heavy (non-hydrogen) atoms. The van der Waals surface area contributed by atoms with Crippen LogP contribution in [0.4, 0.5) is 0 Å². The number of fused-ring (bicyclic) bond motifs is 1. The number of rotatable bonds is 3. The first-order valence-electron chi connectivity index (χ1n) is 5.62.